The van der Waals surface area contributed by atoms with Crippen LogP contribution in [0.25, 0.3) is 0 Å². The predicted molar refractivity (Wildman–Crippen MR) is 41.2 cm³/mol. The van der Waals surface area contributed by atoms with E-state index >= 15 is 0 Å². The van der Waals surface area contributed by atoms with Crippen molar-refractivity contribution in [3.8, 4) is 0 Å². The van der Waals surface area contributed by atoms with Crippen molar-refractivity contribution in [3.63, 3.8) is 0 Å². The zero-order chi connectivity index (χ0) is 8.10. The van der Waals surface area contributed by atoms with Gasteiger partial charge in [-0.2, -0.15) is 0 Å². The van der Waals surface area contributed by atoms with E-state index in [1.165, 1.54) is 0 Å². The van der Waals surface area contributed by atoms with E-state index in [1.54, 1.807) is 0 Å². The average molecular weight is 160 g/mol. The van der Waals surface area contributed by atoms with Gasteiger partial charge in [0.05, 0.1) is 13.2 Å². The first-order chi connectivity index (χ1) is 5.33. The number of aliphatic hydroxyl groups excluding tert-OH is 1. The van der Waals surface area contributed by atoms with Gasteiger partial charge in [0.15, 0.2) is 6.29 Å². The van der Waals surface area contributed by atoms with E-state index in [4.69, 9.17) is 14.6 Å². The van der Waals surface area contributed by atoms with Gasteiger partial charge in [-0.1, -0.05) is 6.92 Å². The van der Waals surface area contributed by atoms with Gasteiger partial charge in [-0.05, 0) is 12.3 Å². The Morgan fingerprint density at radius 2 is 2.09 bits per heavy atom. The molecule has 66 valence electrons. The van der Waals surface area contributed by atoms with E-state index in [2.05, 4.69) is 6.92 Å². The maximum absolute atomic E-state index is 8.63. The Labute approximate surface area is 67.3 Å². The third kappa shape index (κ3) is 3.18. The minimum Gasteiger partial charge on any atom is -0.396 e. The summed E-state index contributed by atoms with van der Waals surface area (Å²) >= 11 is 0. The maximum Gasteiger partial charge on any atom is 0.158 e. The highest BCUT2D eigenvalue weighted by atomic mass is 16.7. The van der Waals surface area contributed by atoms with Gasteiger partial charge in [0.1, 0.15) is 0 Å². The molecule has 1 rings (SSSR count). The molecule has 3 nitrogen and oxygen atoms in total. The lowest BCUT2D eigenvalue weighted by Crippen LogP contribution is -2.13. The van der Waals surface area contributed by atoms with Crippen molar-refractivity contribution in [2.75, 3.05) is 19.8 Å². The Balaban J connectivity index is 2.08. The number of hydrogen-bond acceptors (Lipinski definition) is 3. The molecule has 1 fully saturated rings. The normalized spacial score (nSPS) is 22.4. The van der Waals surface area contributed by atoms with Crippen LogP contribution in [0.1, 0.15) is 19.8 Å². The zero-order valence-corrected chi connectivity index (χ0v) is 6.95. The van der Waals surface area contributed by atoms with Crippen molar-refractivity contribution in [2.24, 2.45) is 5.92 Å². The van der Waals surface area contributed by atoms with Crippen LogP contribution in [0.2, 0.25) is 0 Å². The second-order valence-electron chi connectivity index (χ2n) is 3.02. The minimum atomic E-state index is -0.0171. The van der Waals surface area contributed by atoms with Crippen molar-refractivity contribution in [1.29, 1.82) is 0 Å². The third-order valence-corrected chi connectivity index (χ3v) is 1.91. The fraction of sp³-hybridized carbons (Fsp3) is 1.00. The molecule has 0 aromatic rings. The second-order valence-corrected chi connectivity index (χ2v) is 3.02. The molecule has 11 heavy (non-hydrogen) atoms. The Morgan fingerprint density at radius 3 is 2.64 bits per heavy atom. The molecule has 0 aliphatic carbocycles. The molecule has 1 aliphatic heterocycles. The summed E-state index contributed by atoms with van der Waals surface area (Å²) in [5, 5.41) is 8.63. The monoisotopic (exact) mass is 160 g/mol. The van der Waals surface area contributed by atoms with Crippen LogP contribution < -0.4 is 0 Å². The van der Waals surface area contributed by atoms with Gasteiger partial charge in [0.2, 0.25) is 0 Å². The van der Waals surface area contributed by atoms with Gasteiger partial charge in [-0.25, -0.2) is 0 Å². The van der Waals surface area contributed by atoms with Crippen LogP contribution in [-0.2, 0) is 9.47 Å². The minimum absolute atomic E-state index is 0.0171. The van der Waals surface area contributed by atoms with Crippen LogP contribution in [0.3, 0.4) is 0 Å². The highest BCUT2D eigenvalue weighted by Crippen LogP contribution is 2.16. The first kappa shape index (κ1) is 8.97. The smallest absolute Gasteiger partial charge is 0.158 e. The van der Waals surface area contributed by atoms with Crippen molar-refractivity contribution in [3.05, 3.63) is 0 Å². The van der Waals surface area contributed by atoms with Crippen LogP contribution in [0, 0.1) is 5.92 Å². The summed E-state index contributed by atoms with van der Waals surface area (Å²) in [6.07, 6.45) is 1.72. The Hall–Kier alpha value is -0.120. The number of ether oxygens (including phenoxy) is 2. The quantitative estimate of drug-likeness (QED) is 0.660. The highest BCUT2D eigenvalue weighted by molar-refractivity contribution is 4.58. The number of hydrogen-bond donors (Lipinski definition) is 1. The molecule has 0 spiro atoms. The highest BCUT2D eigenvalue weighted by Gasteiger charge is 2.18. The molecule has 0 aromatic heterocycles. The molecule has 0 amide bonds. The van der Waals surface area contributed by atoms with Gasteiger partial charge in [-0.3, -0.25) is 0 Å². The van der Waals surface area contributed by atoms with E-state index in [1.807, 2.05) is 0 Å². The molecular weight excluding hydrogens is 144 g/mol. The molecule has 3 heteroatoms. The third-order valence-electron chi connectivity index (χ3n) is 1.91. The molecule has 1 N–H and O–H groups in total. The molecule has 1 atom stereocenters. The van der Waals surface area contributed by atoms with Crippen LogP contribution in [0.4, 0.5) is 0 Å². The standard InChI is InChI=1S/C8H16O3/c1-7(2-3-9)6-8-10-4-5-11-8/h7-9H,2-6H2,1H3. The van der Waals surface area contributed by atoms with Crippen LogP contribution in [-0.4, -0.2) is 31.2 Å². The molecule has 0 bridgehead atoms. The summed E-state index contributed by atoms with van der Waals surface area (Å²) in [5.41, 5.74) is 0. The Bertz CT molecular complexity index is 99.5. The fourth-order valence-electron chi connectivity index (χ4n) is 1.21. The van der Waals surface area contributed by atoms with E-state index < -0.39 is 0 Å². The first-order valence-corrected chi connectivity index (χ1v) is 4.17. The summed E-state index contributed by atoms with van der Waals surface area (Å²) in [4.78, 5) is 0. The molecule has 1 aliphatic rings. The summed E-state index contributed by atoms with van der Waals surface area (Å²) in [6, 6.07) is 0. The van der Waals surface area contributed by atoms with E-state index in [9.17, 15) is 0 Å². The van der Waals surface area contributed by atoms with Gasteiger partial charge < -0.3 is 14.6 Å². The Morgan fingerprint density at radius 1 is 1.45 bits per heavy atom. The largest absolute Gasteiger partial charge is 0.396 e. The van der Waals surface area contributed by atoms with Crippen molar-refractivity contribution < 1.29 is 14.6 Å². The van der Waals surface area contributed by atoms with Crippen molar-refractivity contribution >= 4 is 0 Å². The van der Waals surface area contributed by atoms with Gasteiger partial charge in [0, 0.05) is 13.0 Å². The average Bonchev–Trinajstić information content (AvgIpc) is 2.40. The number of rotatable bonds is 4. The molecule has 0 radical (unpaired) electrons. The lowest BCUT2D eigenvalue weighted by molar-refractivity contribution is -0.0568. The molecule has 1 heterocycles. The second kappa shape index (κ2) is 4.70. The van der Waals surface area contributed by atoms with E-state index in [0.29, 0.717) is 5.92 Å². The van der Waals surface area contributed by atoms with Crippen LogP contribution >= 0.6 is 0 Å². The topological polar surface area (TPSA) is 38.7 Å². The van der Waals surface area contributed by atoms with E-state index in [-0.39, 0.29) is 12.9 Å². The summed E-state index contributed by atoms with van der Waals surface area (Å²) in [7, 11) is 0. The molecular formula is C8H16O3. The molecule has 0 aromatic carbocycles. The van der Waals surface area contributed by atoms with E-state index in [0.717, 1.165) is 26.1 Å². The molecule has 0 saturated carbocycles. The summed E-state index contributed by atoms with van der Waals surface area (Å²) in [5.74, 6) is 0.489. The first-order valence-electron chi connectivity index (χ1n) is 4.17. The van der Waals surface area contributed by atoms with Crippen molar-refractivity contribution in [2.45, 2.75) is 26.1 Å². The van der Waals surface area contributed by atoms with Crippen LogP contribution in [0.15, 0.2) is 0 Å². The molecule has 1 saturated heterocycles. The Kier molecular flexibility index (Phi) is 3.83. The number of aliphatic hydroxyl groups is 1. The maximum atomic E-state index is 8.63. The lowest BCUT2D eigenvalue weighted by Gasteiger charge is -2.13. The van der Waals surface area contributed by atoms with Crippen molar-refractivity contribution in [1.82, 2.24) is 0 Å². The molecule has 1 unspecified atom stereocenters. The fourth-order valence-corrected chi connectivity index (χ4v) is 1.21. The van der Waals surface area contributed by atoms with Crippen LogP contribution in [0.5, 0.6) is 0 Å². The van der Waals surface area contributed by atoms with Gasteiger partial charge in [-0.15, -0.1) is 0 Å². The zero-order valence-electron chi connectivity index (χ0n) is 6.95. The predicted octanol–water partition coefficient (Wildman–Crippen LogP) is 0.768. The van der Waals surface area contributed by atoms with Gasteiger partial charge in [0.25, 0.3) is 0 Å². The SMILES string of the molecule is CC(CCO)CC1OCCO1. The van der Waals surface area contributed by atoms with Gasteiger partial charge >= 0.3 is 0 Å². The summed E-state index contributed by atoms with van der Waals surface area (Å²) < 4.78 is 10.5. The lowest BCUT2D eigenvalue weighted by atomic mass is 10.0. The summed E-state index contributed by atoms with van der Waals surface area (Å²) in [6.45, 7) is 3.79.